The molecule has 1 aromatic carbocycles. The van der Waals surface area contributed by atoms with Gasteiger partial charge in [0.2, 0.25) is 0 Å². The molecule has 0 saturated heterocycles. The second-order valence-corrected chi connectivity index (χ2v) is 6.74. The molecule has 6 heteroatoms. The molecule has 0 spiro atoms. The maximum atomic E-state index is 12.8. The van der Waals surface area contributed by atoms with Gasteiger partial charge in [0, 0.05) is 11.8 Å². The van der Waals surface area contributed by atoms with Crippen LogP contribution >= 0.6 is 23.1 Å². The topological polar surface area (TPSA) is 12.0 Å². The van der Waals surface area contributed by atoms with Crippen molar-refractivity contribution in [3.8, 4) is 0 Å². The summed E-state index contributed by atoms with van der Waals surface area (Å²) in [7, 11) is 0. The van der Waals surface area contributed by atoms with Crippen LogP contribution < -0.4 is 5.32 Å². The number of nitrogens with one attached hydrogen (secondary N) is 1. The Bertz CT molecular complexity index is 552. The van der Waals surface area contributed by atoms with Crippen LogP contribution in [0.4, 0.5) is 13.2 Å². The normalized spacial score (nSPS) is 13.3. The summed E-state index contributed by atoms with van der Waals surface area (Å²) >= 11 is 3.30. The van der Waals surface area contributed by atoms with Gasteiger partial charge in [0.1, 0.15) is 0 Å². The van der Waals surface area contributed by atoms with Gasteiger partial charge in [-0.25, -0.2) is 0 Å². The number of benzene rings is 1. The highest BCUT2D eigenvalue weighted by atomic mass is 32.2. The third-order valence-electron chi connectivity index (χ3n) is 2.95. The van der Waals surface area contributed by atoms with E-state index in [1.165, 1.54) is 16.3 Å². The standard InChI is InChI=1S/C15H16F3NS2/c1-2-19-13(10-21-14-7-4-8-20-14)11-5-3-6-12(9-11)15(16,17)18/h3-9,13,19H,2,10H2,1H3. The van der Waals surface area contributed by atoms with Crippen LogP contribution in [0, 0.1) is 0 Å². The SMILES string of the molecule is CCNC(CSc1cccs1)c1cccc(C(F)(F)F)c1. The van der Waals surface area contributed by atoms with Crippen LogP contribution in [0.15, 0.2) is 46.0 Å². The van der Waals surface area contributed by atoms with Crippen LogP contribution in [0.1, 0.15) is 24.1 Å². The van der Waals surface area contributed by atoms with Gasteiger partial charge >= 0.3 is 6.18 Å². The number of thioether (sulfide) groups is 1. The Hall–Kier alpha value is -0.980. The molecule has 2 rings (SSSR count). The fraction of sp³-hybridized carbons (Fsp3) is 0.333. The highest BCUT2D eigenvalue weighted by Crippen LogP contribution is 2.32. The Morgan fingerprint density at radius 3 is 2.67 bits per heavy atom. The van der Waals surface area contributed by atoms with E-state index in [0.717, 1.165) is 6.07 Å². The minimum Gasteiger partial charge on any atom is -0.309 e. The van der Waals surface area contributed by atoms with Crippen molar-refractivity contribution in [2.24, 2.45) is 0 Å². The van der Waals surface area contributed by atoms with Gasteiger partial charge in [-0.15, -0.1) is 23.1 Å². The summed E-state index contributed by atoms with van der Waals surface area (Å²) in [6, 6.07) is 9.46. The third-order valence-corrected chi connectivity index (χ3v) is 5.18. The summed E-state index contributed by atoms with van der Waals surface area (Å²) in [5, 5.41) is 5.25. The van der Waals surface area contributed by atoms with Crippen LogP contribution in [-0.2, 0) is 6.18 Å². The molecule has 0 aliphatic carbocycles. The molecule has 0 amide bonds. The zero-order chi connectivity index (χ0) is 15.3. The smallest absolute Gasteiger partial charge is 0.309 e. The van der Waals surface area contributed by atoms with Gasteiger partial charge in [-0.2, -0.15) is 13.2 Å². The zero-order valence-electron chi connectivity index (χ0n) is 11.5. The van der Waals surface area contributed by atoms with E-state index in [0.29, 0.717) is 17.9 Å². The van der Waals surface area contributed by atoms with Crippen molar-refractivity contribution in [1.29, 1.82) is 0 Å². The summed E-state index contributed by atoms with van der Waals surface area (Å²) in [4.78, 5) is 0. The summed E-state index contributed by atoms with van der Waals surface area (Å²) < 4.78 is 39.6. The molecule has 1 atom stereocenters. The molecule has 0 aliphatic rings. The number of halogens is 3. The van der Waals surface area contributed by atoms with Gasteiger partial charge in [-0.3, -0.25) is 0 Å². The van der Waals surface area contributed by atoms with Crippen molar-refractivity contribution in [3.05, 3.63) is 52.9 Å². The molecule has 0 radical (unpaired) electrons. The third kappa shape index (κ3) is 4.76. The largest absolute Gasteiger partial charge is 0.416 e. The Labute approximate surface area is 130 Å². The van der Waals surface area contributed by atoms with Gasteiger partial charge in [-0.1, -0.05) is 25.1 Å². The molecular formula is C15H16F3NS2. The lowest BCUT2D eigenvalue weighted by Gasteiger charge is -2.19. The van der Waals surface area contributed by atoms with E-state index in [4.69, 9.17) is 0 Å². The first kappa shape index (κ1) is 16.4. The lowest BCUT2D eigenvalue weighted by molar-refractivity contribution is -0.137. The molecule has 21 heavy (non-hydrogen) atoms. The number of alkyl halides is 3. The molecule has 1 unspecified atom stereocenters. The van der Waals surface area contributed by atoms with Crippen molar-refractivity contribution in [1.82, 2.24) is 5.32 Å². The second kappa shape index (κ2) is 7.33. The highest BCUT2D eigenvalue weighted by Gasteiger charge is 2.30. The number of rotatable bonds is 6. The van der Waals surface area contributed by atoms with E-state index in [2.05, 4.69) is 5.32 Å². The highest BCUT2D eigenvalue weighted by molar-refractivity contribution is 8.01. The first-order valence-electron chi connectivity index (χ1n) is 6.57. The molecule has 1 N–H and O–H groups in total. The molecule has 0 saturated carbocycles. The molecule has 0 bridgehead atoms. The lowest BCUT2D eigenvalue weighted by Crippen LogP contribution is -2.23. The molecule has 1 nitrogen and oxygen atoms in total. The Kier molecular flexibility index (Phi) is 5.72. The minimum atomic E-state index is -4.30. The molecule has 0 fully saturated rings. The predicted molar refractivity (Wildman–Crippen MR) is 82.9 cm³/mol. The average Bonchev–Trinajstić information content (AvgIpc) is 2.96. The van der Waals surface area contributed by atoms with E-state index in [1.807, 2.05) is 24.4 Å². The fourth-order valence-corrected chi connectivity index (χ4v) is 3.87. The quantitative estimate of drug-likeness (QED) is 0.729. The summed E-state index contributed by atoms with van der Waals surface area (Å²) in [6.07, 6.45) is -4.30. The monoisotopic (exact) mass is 331 g/mol. The van der Waals surface area contributed by atoms with Crippen LogP contribution in [0.3, 0.4) is 0 Å². The van der Waals surface area contributed by atoms with Gasteiger partial charge in [0.25, 0.3) is 0 Å². The molecule has 0 aliphatic heterocycles. The van der Waals surface area contributed by atoms with E-state index in [-0.39, 0.29) is 6.04 Å². The van der Waals surface area contributed by atoms with Gasteiger partial charge in [0.05, 0.1) is 9.77 Å². The Morgan fingerprint density at radius 1 is 1.24 bits per heavy atom. The molecule has 1 heterocycles. The van der Waals surface area contributed by atoms with Crippen molar-refractivity contribution < 1.29 is 13.2 Å². The van der Waals surface area contributed by atoms with Gasteiger partial charge < -0.3 is 5.32 Å². The van der Waals surface area contributed by atoms with E-state index < -0.39 is 11.7 Å². The Morgan fingerprint density at radius 2 is 2.05 bits per heavy atom. The average molecular weight is 331 g/mol. The van der Waals surface area contributed by atoms with Gasteiger partial charge in [0.15, 0.2) is 0 Å². The second-order valence-electron chi connectivity index (χ2n) is 4.48. The van der Waals surface area contributed by atoms with E-state index in [9.17, 15) is 13.2 Å². The van der Waals surface area contributed by atoms with Crippen LogP contribution in [-0.4, -0.2) is 12.3 Å². The maximum absolute atomic E-state index is 12.8. The molecular weight excluding hydrogens is 315 g/mol. The van der Waals surface area contributed by atoms with Crippen molar-refractivity contribution in [2.45, 2.75) is 23.4 Å². The first-order valence-corrected chi connectivity index (χ1v) is 8.44. The van der Waals surface area contributed by atoms with Crippen molar-refractivity contribution in [2.75, 3.05) is 12.3 Å². The van der Waals surface area contributed by atoms with Crippen molar-refractivity contribution >= 4 is 23.1 Å². The van der Waals surface area contributed by atoms with Crippen LogP contribution in [0.5, 0.6) is 0 Å². The van der Waals surface area contributed by atoms with Crippen LogP contribution in [0.25, 0.3) is 0 Å². The number of hydrogen-bond acceptors (Lipinski definition) is 3. The summed E-state index contributed by atoms with van der Waals surface area (Å²) in [5.41, 5.74) is 0.0831. The number of hydrogen-bond donors (Lipinski definition) is 1. The first-order chi connectivity index (χ1) is 10.0. The van der Waals surface area contributed by atoms with E-state index >= 15 is 0 Å². The van der Waals surface area contributed by atoms with Crippen LogP contribution in [0.2, 0.25) is 0 Å². The summed E-state index contributed by atoms with van der Waals surface area (Å²) in [6.45, 7) is 2.67. The lowest BCUT2D eigenvalue weighted by atomic mass is 10.0. The zero-order valence-corrected chi connectivity index (χ0v) is 13.1. The molecule has 1 aromatic heterocycles. The molecule has 114 valence electrons. The predicted octanol–water partition coefficient (Wildman–Crippen LogP) is 5.21. The number of thiophene rings is 1. The van der Waals surface area contributed by atoms with Crippen molar-refractivity contribution in [3.63, 3.8) is 0 Å². The molecule has 2 aromatic rings. The Balaban J connectivity index is 2.13. The maximum Gasteiger partial charge on any atom is 0.416 e. The minimum absolute atomic E-state index is 0.0931. The summed E-state index contributed by atoms with van der Waals surface area (Å²) in [5.74, 6) is 0.704. The van der Waals surface area contributed by atoms with E-state index in [1.54, 1.807) is 29.2 Å². The fourth-order valence-electron chi connectivity index (χ4n) is 1.96. The van der Waals surface area contributed by atoms with Gasteiger partial charge in [-0.05, 0) is 35.7 Å².